The Morgan fingerprint density at radius 2 is 1.62 bits per heavy atom. The number of carbonyl (C=O) groups excluding carboxylic acids is 2. The standard InChI is InChI=1S/C22H21F3O4/c1-2-3-4-15-28-20(26)14-7-16-5-12-19(13-6-16)29-21(27)17-8-10-18(11-9-17)22(23,24)25/h5-14H,2-4,15H2,1H3. The number of esters is 2. The highest BCUT2D eigenvalue weighted by Crippen LogP contribution is 2.29. The molecule has 2 rings (SSSR count). The number of unbranched alkanes of at least 4 members (excludes halogenated alkanes) is 2. The van der Waals surface area contributed by atoms with Crippen LogP contribution in [0.4, 0.5) is 13.2 Å². The second-order valence-corrected chi connectivity index (χ2v) is 6.24. The zero-order valence-corrected chi connectivity index (χ0v) is 15.9. The predicted molar refractivity (Wildman–Crippen MR) is 102 cm³/mol. The van der Waals surface area contributed by atoms with Crippen molar-refractivity contribution >= 4 is 18.0 Å². The highest BCUT2D eigenvalue weighted by molar-refractivity contribution is 5.91. The number of alkyl halides is 3. The predicted octanol–water partition coefficient (Wildman–Crippen LogP) is 5.67. The first-order valence-electron chi connectivity index (χ1n) is 9.14. The molecule has 2 aromatic carbocycles. The van der Waals surface area contributed by atoms with E-state index in [1.807, 2.05) is 0 Å². The minimum absolute atomic E-state index is 0.00721. The lowest BCUT2D eigenvalue weighted by atomic mass is 10.1. The summed E-state index contributed by atoms with van der Waals surface area (Å²) in [7, 11) is 0. The molecule has 0 aliphatic rings. The van der Waals surface area contributed by atoms with Crippen molar-refractivity contribution in [2.75, 3.05) is 6.61 Å². The van der Waals surface area contributed by atoms with Gasteiger partial charge in [-0.1, -0.05) is 31.9 Å². The first kappa shape index (κ1) is 22.2. The van der Waals surface area contributed by atoms with Gasteiger partial charge in [-0.05, 0) is 54.5 Å². The second kappa shape index (κ2) is 10.5. The molecule has 0 unspecified atom stereocenters. The summed E-state index contributed by atoms with van der Waals surface area (Å²) < 4.78 is 47.9. The molecule has 29 heavy (non-hydrogen) atoms. The number of hydrogen-bond donors (Lipinski definition) is 0. The lowest BCUT2D eigenvalue weighted by molar-refractivity contribution is -0.138. The Balaban J connectivity index is 1.89. The smallest absolute Gasteiger partial charge is 0.416 e. The van der Waals surface area contributed by atoms with Gasteiger partial charge in [0.15, 0.2) is 0 Å². The summed E-state index contributed by atoms with van der Waals surface area (Å²) in [5.74, 6) is -0.967. The fourth-order valence-electron chi connectivity index (χ4n) is 2.35. The van der Waals surface area contributed by atoms with E-state index in [1.54, 1.807) is 18.2 Å². The van der Waals surface area contributed by atoms with E-state index in [2.05, 4.69) is 6.92 Å². The maximum absolute atomic E-state index is 12.6. The topological polar surface area (TPSA) is 52.6 Å². The number of carbonyl (C=O) groups is 2. The molecule has 0 aliphatic carbocycles. The third kappa shape index (κ3) is 7.44. The molecule has 0 atom stereocenters. The summed E-state index contributed by atoms with van der Waals surface area (Å²) in [5, 5.41) is 0. The van der Waals surface area contributed by atoms with Gasteiger partial charge in [-0.3, -0.25) is 0 Å². The van der Waals surface area contributed by atoms with Crippen molar-refractivity contribution < 1.29 is 32.2 Å². The molecule has 7 heteroatoms. The Bertz CT molecular complexity index is 838. The van der Waals surface area contributed by atoms with E-state index >= 15 is 0 Å². The average Bonchev–Trinajstić information content (AvgIpc) is 2.70. The Kier molecular flexibility index (Phi) is 8.00. The van der Waals surface area contributed by atoms with Crippen LogP contribution in [0.15, 0.2) is 54.6 Å². The molecule has 0 aliphatic heterocycles. The van der Waals surface area contributed by atoms with Crippen molar-refractivity contribution in [1.82, 2.24) is 0 Å². The van der Waals surface area contributed by atoms with Crippen LogP contribution in [0.3, 0.4) is 0 Å². The number of ether oxygens (including phenoxy) is 2. The normalized spacial score (nSPS) is 11.4. The first-order valence-corrected chi connectivity index (χ1v) is 9.14. The van der Waals surface area contributed by atoms with Crippen molar-refractivity contribution in [3.63, 3.8) is 0 Å². The van der Waals surface area contributed by atoms with E-state index in [9.17, 15) is 22.8 Å². The summed E-state index contributed by atoms with van der Waals surface area (Å²) in [5.41, 5.74) is -0.133. The fraction of sp³-hybridized carbons (Fsp3) is 0.273. The van der Waals surface area contributed by atoms with E-state index in [0.717, 1.165) is 43.5 Å². The molecular weight excluding hydrogens is 385 g/mol. The van der Waals surface area contributed by atoms with Crippen LogP contribution in [0.1, 0.15) is 47.7 Å². The van der Waals surface area contributed by atoms with Crippen LogP contribution in [0.5, 0.6) is 5.75 Å². The van der Waals surface area contributed by atoms with Gasteiger partial charge in [-0.15, -0.1) is 0 Å². The lowest BCUT2D eigenvalue weighted by Gasteiger charge is -2.08. The van der Waals surface area contributed by atoms with Crippen molar-refractivity contribution in [2.45, 2.75) is 32.4 Å². The lowest BCUT2D eigenvalue weighted by Crippen LogP contribution is -2.10. The molecule has 4 nitrogen and oxygen atoms in total. The van der Waals surface area contributed by atoms with Crippen LogP contribution < -0.4 is 4.74 Å². The molecule has 154 valence electrons. The van der Waals surface area contributed by atoms with Crippen molar-refractivity contribution in [1.29, 1.82) is 0 Å². The second-order valence-electron chi connectivity index (χ2n) is 6.24. The quantitative estimate of drug-likeness (QED) is 0.245. The number of halogens is 3. The molecule has 2 aromatic rings. The van der Waals surface area contributed by atoms with Crippen LogP contribution in [0, 0.1) is 0 Å². The Morgan fingerprint density at radius 3 is 2.21 bits per heavy atom. The number of hydrogen-bond acceptors (Lipinski definition) is 4. The van der Waals surface area contributed by atoms with Crippen LogP contribution in [-0.2, 0) is 15.7 Å². The summed E-state index contributed by atoms with van der Waals surface area (Å²) in [6.45, 7) is 2.45. The summed E-state index contributed by atoms with van der Waals surface area (Å²) in [6, 6.07) is 10.1. The zero-order valence-electron chi connectivity index (χ0n) is 15.9. The minimum atomic E-state index is -4.46. The molecule has 0 saturated heterocycles. The Hall–Kier alpha value is -3.09. The summed E-state index contributed by atoms with van der Waals surface area (Å²) >= 11 is 0. The van der Waals surface area contributed by atoms with Gasteiger partial charge in [0.05, 0.1) is 17.7 Å². The van der Waals surface area contributed by atoms with Crippen molar-refractivity contribution in [3.8, 4) is 5.75 Å². The maximum Gasteiger partial charge on any atom is 0.416 e. The van der Waals surface area contributed by atoms with Gasteiger partial charge in [0.1, 0.15) is 5.75 Å². The fourth-order valence-corrected chi connectivity index (χ4v) is 2.35. The zero-order chi connectivity index (χ0) is 21.3. The van der Waals surface area contributed by atoms with Crippen LogP contribution in [0.25, 0.3) is 6.08 Å². The van der Waals surface area contributed by atoms with Crippen LogP contribution in [0.2, 0.25) is 0 Å². The van der Waals surface area contributed by atoms with Crippen LogP contribution in [-0.4, -0.2) is 18.5 Å². The average molecular weight is 406 g/mol. The number of rotatable bonds is 8. The van der Waals surface area contributed by atoms with E-state index in [1.165, 1.54) is 18.2 Å². The van der Waals surface area contributed by atoms with E-state index < -0.39 is 23.7 Å². The third-order valence-electron chi connectivity index (χ3n) is 3.94. The molecule has 0 bridgehead atoms. The maximum atomic E-state index is 12.6. The summed E-state index contributed by atoms with van der Waals surface area (Å²) in [4.78, 5) is 23.6. The van der Waals surface area contributed by atoms with Gasteiger partial charge >= 0.3 is 18.1 Å². The molecule has 0 radical (unpaired) electrons. The van der Waals surface area contributed by atoms with Gasteiger partial charge in [0.25, 0.3) is 0 Å². The summed E-state index contributed by atoms with van der Waals surface area (Å²) in [6.07, 6.45) is 1.30. The molecule has 0 amide bonds. The first-order chi connectivity index (χ1) is 13.8. The number of benzene rings is 2. The SMILES string of the molecule is CCCCCOC(=O)C=Cc1ccc(OC(=O)c2ccc(C(F)(F)F)cc2)cc1. The Morgan fingerprint density at radius 1 is 0.966 bits per heavy atom. The molecule has 0 heterocycles. The molecule has 0 N–H and O–H groups in total. The third-order valence-corrected chi connectivity index (χ3v) is 3.94. The van der Waals surface area contributed by atoms with Gasteiger partial charge < -0.3 is 9.47 Å². The highest BCUT2D eigenvalue weighted by atomic mass is 19.4. The molecular formula is C22H21F3O4. The Labute approximate surface area is 166 Å². The van der Waals surface area contributed by atoms with E-state index in [0.29, 0.717) is 12.2 Å². The largest absolute Gasteiger partial charge is 0.463 e. The van der Waals surface area contributed by atoms with Gasteiger partial charge in [0.2, 0.25) is 0 Å². The van der Waals surface area contributed by atoms with Crippen molar-refractivity contribution in [3.05, 3.63) is 71.3 Å². The van der Waals surface area contributed by atoms with E-state index in [-0.39, 0.29) is 11.3 Å². The molecule has 0 spiro atoms. The molecule has 0 saturated carbocycles. The van der Waals surface area contributed by atoms with Gasteiger partial charge in [0, 0.05) is 6.08 Å². The van der Waals surface area contributed by atoms with Crippen molar-refractivity contribution in [2.24, 2.45) is 0 Å². The minimum Gasteiger partial charge on any atom is -0.463 e. The highest BCUT2D eigenvalue weighted by Gasteiger charge is 2.30. The molecule has 0 fully saturated rings. The van der Waals surface area contributed by atoms with E-state index in [4.69, 9.17) is 9.47 Å². The molecule has 0 aromatic heterocycles. The van der Waals surface area contributed by atoms with Crippen LogP contribution >= 0.6 is 0 Å². The monoisotopic (exact) mass is 406 g/mol. The van der Waals surface area contributed by atoms with Gasteiger partial charge in [-0.2, -0.15) is 13.2 Å². The van der Waals surface area contributed by atoms with Gasteiger partial charge in [-0.25, -0.2) is 9.59 Å².